The minimum absolute atomic E-state index is 0.250. The van der Waals surface area contributed by atoms with Crippen molar-refractivity contribution in [2.24, 2.45) is 11.7 Å². The van der Waals surface area contributed by atoms with Crippen LogP contribution in [0.4, 0.5) is 0 Å². The van der Waals surface area contributed by atoms with E-state index in [9.17, 15) is 9.90 Å². The molecule has 0 aromatic rings. The number of esters is 1. The standard InChI is InChI=1S/C9H17NO4/c10-3-1-8(11)9(12)14-6-7-2-4-13-5-7/h7-8,11H,1-6,10H2/t7?,8-/m0/s1. The van der Waals surface area contributed by atoms with Gasteiger partial charge in [0.15, 0.2) is 6.10 Å². The molecule has 0 bridgehead atoms. The van der Waals surface area contributed by atoms with Crippen molar-refractivity contribution in [1.82, 2.24) is 0 Å². The van der Waals surface area contributed by atoms with E-state index in [2.05, 4.69) is 0 Å². The van der Waals surface area contributed by atoms with E-state index in [1.54, 1.807) is 0 Å². The molecule has 1 aliphatic heterocycles. The van der Waals surface area contributed by atoms with Gasteiger partial charge in [-0.05, 0) is 19.4 Å². The van der Waals surface area contributed by atoms with Gasteiger partial charge in [-0.15, -0.1) is 0 Å². The summed E-state index contributed by atoms with van der Waals surface area (Å²) in [7, 11) is 0. The summed E-state index contributed by atoms with van der Waals surface area (Å²) in [5.74, 6) is -0.300. The number of carbonyl (C=O) groups is 1. The Morgan fingerprint density at radius 2 is 2.50 bits per heavy atom. The molecule has 0 amide bonds. The monoisotopic (exact) mass is 203 g/mol. The van der Waals surface area contributed by atoms with Crippen molar-refractivity contribution in [2.45, 2.75) is 18.9 Å². The minimum atomic E-state index is -1.08. The van der Waals surface area contributed by atoms with E-state index in [-0.39, 0.29) is 18.9 Å². The van der Waals surface area contributed by atoms with Crippen LogP contribution in [0.5, 0.6) is 0 Å². The lowest BCUT2D eigenvalue weighted by atomic mass is 10.1. The van der Waals surface area contributed by atoms with Gasteiger partial charge in [0, 0.05) is 12.5 Å². The van der Waals surface area contributed by atoms with E-state index in [4.69, 9.17) is 15.2 Å². The lowest BCUT2D eigenvalue weighted by Gasteiger charge is -2.12. The Morgan fingerprint density at radius 1 is 1.71 bits per heavy atom. The van der Waals surface area contributed by atoms with E-state index >= 15 is 0 Å². The third kappa shape index (κ3) is 3.61. The summed E-state index contributed by atoms with van der Waals surface area (Å²) in [4.78, 5) is 11.1. The normalized spacial score (nSPS) is 23.4. The van der Waals surface area contributed by atoms with Gasteiger partial charge in [0.25, 0.3) is 0 Å². The number of aliphatic hydroxyl groups is 1. The highest BCUT2D eigenvalue weighted by atomic mass is 16.5. The Hall–Kier alpha value is -0.650. The number of nitrogens with two attached hydrogens (primary N) is 1. The molecular formula is C9H17NO4. The lowest BCUT2D eigenvalue weighted by molar-refractivity contribution is -0.155. The average Bonchev–Trinajstić information content (AvgIpc) is 2.67. The third-order valence-corrected chi connectivity index (χ3v) is 2.20. The second-order valence-electron chi connectivity index (χ2n) is 3.45. The molecule has 0 saturated carbocycles. The Balaban J connectivity index is 2.13. The zero-order valence-electron chi connectivity index (χ0n) is 8.15. The van der Waals surface area contributed by atoms with Gasteiger partial charge in [-0.3, -0.25) is 0 Å². The first kappa shape index (κ1) is 11.4. The smallest absolute Gasteiger partial charge is 0.335 e. The molecule has 0 radical (unpaired) electrons. The topological polar surface area (TPSA) is 81.8 Å². The zero-order chi connectivity index (χ0) is 10.4. The summed E-state index contributed by atoms with van der Waals surface area (Å²) in [6.45, 7) is 1.98. The van der Waals surface area contributed by atoms with Crippen molar-refractivity contribution in [1.29, 1.82) is 0 Å². The van der Waals surface area contributed by atoms with Gasteiger partial charge >= 0.3 is 5.97 Å². The molecule has 0 spiro atoms. The first-order valence-electron chi connectivity index (χ1n) is 4.86. The molecular weight excluding hydrogens is 186 g/mol. The fraction of sp³-hybridized carbons (Fsp3) is 0.889. The van der Waals surface area contributed by atoms with Gasteiger partial charge < -0.3 is 20.3 Å². The zero-order valence-corrected chi connectivity index (χ0v) is 8.15. The van der Waals surface area contributed by atoms with Crippen LogP contribution in [0.3, 0.4) is 0 Å². The highest BCUT2D eigenvalue weighted by molar-refractivity contribution is 5.74. The first-order chi connectivity index (χ1) is 6.74. The van der Waals surface area contributed by atoms with Crippen LogP contribution in [0, 0.1) is 5.92 Å². The summed E-state index contributed by atoms with van der Waals surface area (Å²) in [6.07, 6.45) is 0.0857. The Labute approximate surface area is 83.2 Å². The van der Waals surface area contributed by atoms with Crippen molar-refractivity contribution in [2.75, 3.05) is 26.4 Å². The van der Waals surface area contributed by atoms with Crippen LogP contribution in [-0.4, -0.2) is 43.5 Å². The van der Waals surface area contributed by atoms with Gasteiger partial charge in [-0.25, -0.2) is 4.79 Å². The van der Waals surface area contributed by atoms with Crippen molar-refractivity contribution in [3.63, 3.8) is 0 Å². The molecule has 1 heterocycles. The summed E-state index contributed by atoms with van der Waals surface area (Å²) in [5, 5.41) is 9.21. The quantitative estimate of drug-likeness (QED) is 0.576. The summed E-state index contributed by atoms with van der Waals surface area (Å²) in [6, 6.07) is 0. The number of rotatable bonds is 5. The number of carbonyl (C=O) groups excluding carboxylic acids is 1. The van der Waals surface area contributed by atoms with E-state index in [1.165, 1.54) is 0 Å². The van der Waals surface area contributed by atoms with E-state index in [0.717, 1.165) is 13.0 Å². The molecule has 14 heavy (non-hydrogen) atoms. The molecule has 5 heteroatoms. The predicted octanol–water partition coefficient (Wildman–Crippen LogP) is -0.724. The van der Waals surface area contributed by atoms with Crippen molar-refractivity contribution >= 4 is 5.97 Å². The predicted molar refractivity (Wildman–Crippen MR) is 49.6 cm³/mol. The summed E-state index contributed by atoms with van der Waals surface area (Å²) < 4.78 is 10.0. The fourth-order valence-electron chi connectivity index (χ4n) is 1.29. The lowest BCUT2D eigenvalue weighted by Crippen LogP contribution is -2.27. The number of aliphatic hydroxyl groups excluding tert-OH is 1. The molecule has 1 rings (SSSR count). The summed E-state index contributed by atoms with van der Waals surface area (Å²) >= 11 is 0. The summed E-state index contributed by atoms with van der Waals surface area (Å²) in [5.41, 5.74) is 5.20. The van der Waals surface area contributed by atoms with E-state index in [1.807, 2.05) is 0 Å². The maximum atomic E-state index is 11.1. The van der Waals surface area contributed by atoms with Crippen molar-refractivity contribution in [3.05, 3.63) is 0 Å². The van der Waals surface area contributed by atoms with Crippen molar-refractivity contribution < 1.29 is 19.4 Å². The Morgan fingerprint density at radius 3 is 3.07 bits per heavy atom. The second-order valence-corrected chi connectivity index (χ2v) is 3.45. The van der Waals surface area contributed by atoms with Gasteiger partial charge in [0.2, 0.25) is 0 Å². The van der Waals surface area contributed by atoms with Crippen LogP contribution in [0.15, 0.2) is 0 Å². The van der Waals surface area contributed by atoms with Gasteiger partial charge in [-0.2, -0.15) is 0 Å². The molecule has 0 aliphatic carbocycles. The van der Waals surface area contributed by atoms with Crippen LogP contribution in [0.1, 0.15) is 12.8 Å². The minimum Gasteiger partial charge on any atom is -0.463 e. The number of hydrogen-bond donors (Lipinski definition) is 2. The van der Waals surface area contributed by atoms with Crippen LogP contribution in [-0.2, 0) is 14.3 Å². The molecule has 1 fully saturated rings. The SMILES string of the molecule is NCC[C@H](O)C(=O)OCC1CCOC1. The van der Waals surface area contributed by atoms with E-state index in [0.29, 0.717) is 13.2 Å². The largest absolute Gasteiger partial charge is 0.463 e. The number of ether oxygens (including phenoxy) is 2. The first-order valence-corrected chi connectivity index (χ1v) is 4.86. The van der Waals surface area contributed by atoms with Gasteiger partial charge in [0.05, 0.1) is 13.2 Å². The molecule has 3 N–H and O–H groups in total. The van der Waals surface area contributed by atoms with Crippen molar-refractivity contribution in [3.8, 4) is 0 Å². The fourth-order valence-corrected chi connectivity index (χ4v) is 1.29. The molecule has 1 aliphatic rings. The van der Waals surface area contributed by atoms with Crippen LogP contribution < -0.4 is 5.73 Å². The molecule has 1 unspecified atom stereocenters. The highest BCUT2D eigenvalue weighted by Gasteiger charge is 2.20. The molecule has 82 valence electrons. The molecule has 0 aromatic carbocycles. The maximum absolute atomic E-state index is 11.1. The van der Waals surface area contributed by atoms with Gasteiger partial charge in [0.1, 0.15) is 0 Å². The number of hydrogen-bond acceptors (Lipinski definition) is 5. The molecule has 1 saturated heterocycles. The third-order valence-electron chi connectivity index (χ3n) is 2.20. The molecule has 2 atom stereocenters. The molecule has 5 nitrogen and oxygen atoms in total. The Bertz CT molecular complexity index is 180. The highest BCUT2D eigenvalue weighted by Crippen LogP contribution is 2.12. The van der Waals surface area contributed by atoms with Gasteiger partial charge in [-0.1, -0.05) is 0 Å². The maximum Gasteiger partial charge on any atom is 0.335 e. The van der Waals surface area contributed by atoms with Crippen LogP contribution in [0.25, 0.3) is 0 Å². The second kappa shape index (κ2) is 5.95. The van der Waals surface area contributed by atoms with Crippen LogP contribution >= 0.6 is 0 Å². The van der Waals surface area contributed by atoms with Crippen LogP contribution in [0.2, 0.25) is 0 Å². The average molecular weight is 203 g/mol. The molecule has 0 aromatic heterocycles. The Kier molecular flexibility index (Phi) is 4.86. The van der Waals surface area contributed by atoms with E-state index < -0.39 is 12.1 Å².